The maximum Gasteiger partial charge on any atom is 0.310 e. The molecule has 0 aliphatic heterocycles. The van der Waals surface area contributed by atoms with E-state index in [9.17, 15) is 14.7 Å². The van der Waals surface area contributed by atoms with Gasteiger partial charge in [-0.1, -0.05) is 29.8 Å². The summed E-state index contributed by atoms with van der Waals surface area (Å²) in [6.45, 7) is 6.88. The van der Waals surface area contributed by atoms with Crippen molar-refractivity contribution >= 4 is 40.5 Å². The molecule has 0 aliphatic carbocycles. The zero-order valence-electron chi connectivity index (χ0n) is 24.9. The molecule has 0 atom stereocenters. The largest absolute Gasteiger partial charge is 0.481 e. The number of amides is 1. The Hall–Kier alpha value is -3.94. The van der Waals surface area contributed by atoms with E-state index in [1.807, 2.05) is 37.3 Å². The summed E-state index contributed by atoms with van der Waals surface area (Å²) in [4.78, 5) is 38.7. The summed E-state index contributed by atoms with van der Waals surface area (Å²) in [5.74, 6) is -0.810. The monoisotopic (exact) mass is 638 g/mol. The van der Waals surface area contributed by atoms with Crippen molar-refractivity contribution in [2.75, 3.05) is 32.1 Å². The van der Waals surface area contributed by atoms with Gasteiger partial charge in [0.1, 0.15) is 0 Å². The second kappa shape index (κ2) is 14.7. The van der Waals surface area contributed by atoms with E-state index in [4.69, 9.17) is 21.4 Å². The van der Waals surface area contributed by atoms with Crippen LogP contribution in [-0.4, -0.2) is 63.8 Å². The molecule has 44 heavy (non-hydrogen) atoms. The van der Waals surface area contributed by atoms with E-state index in [0.717, 1.165) is 21.6 Å². The minimum absolute atomic E-state index is 0.0363. The Morgan fingerprint density at radius 3 is 2.59 bits per heavy atom. The number of ether oxygens (including phenoxy) is 1. The lowest BCUT2D eigenvalue weighted by Gasteiger charge is -2.20. The van der Waals surface area contributed by atoms with Gasteiger partial charge in [0.05, 0.1) is 35.5 Å². The van der Waals surface area contributed by atoms with Crippen LogP contribution >= 0.6 is 22.9 Å². The number of halogens is 1. The summed E-state index contributed by atoms with van der Waals surface area (Å²) in [5.41, 5.74) is 3.77. The molecule has 0 saturated heterocycles. The first-order valence-electron chi connectivity index (χ1n) is 13.9. The smallest absolute Gasteiger partial charge is 0.310 e. The molecule has 0 spiro atoms. The lowest BCUT2D eigenvalue weighted by molar-refractivity contribution is -0.146. The van der Waals surface area contributed by atoms with E-state index in [0.29, 0.717) is 58.2 Å². The third kappa shape index (κ3) is 7.76. The lowest BCUT2D eigenvalue weighted by Crippen LogP contribution is -2.35. The van der Waals surface area contributed by atoms with Crippen molar-refractivity contribution in [2.45, 2.75) is 33.9 Å². The molecule has 1 aromatic carbocycles. The number of rotatable bonds is 14. The summed E-state index contributed by atoms with van der Waals surface area (Å²) in [6, 6.07) is 11.0. The van der Waals surface area contributed by atoms with Crippen LogP contribution < -0.4 is 20.7 Å². The summed E-state index contributed by atoms with van der Waals surface area (Å²) in [7, 11) is 1.53. The van der Waals surface area contributed by atoms with Crippen molar-refractivity contribution in [2.24, 2.45) is 5.41 Å². The van der Waals surface area contributed by atoms with Crippen LogP contribution in [0, 0.1) is 12.3 Å². The number of carbonyl (C=O) groups is 2. The quantitative estimate of drug-likeness (QED) is 0.122. The van der Waals surface area contributed by atoms with Gasteiger partial charge in [-0.25, -0.2) is 9.97 Å². The number of aliphatic hydroxyl groups excluding tert-OH is 1. The highest BCUT2D eigenvalue weighted by Gasteiger charge is 2.26. The Labute approximate surface area is 264 Å². The molecule has 13 heteroatoms. The van der Waals surface area contributed by atoms with Gasteiger partial charge in [-0.05, 0) is 44.5 Å². The summed E-state index contributed by atoms with van der Waals surface area (Å²) in [5, 5.41) is 28.2. The number of benzene rings is 1. The molecule has 5 N–H and O–H groups in total. The van der Waals surface area contributed by atoms with Crippen molar-refractivity contribution < 1.29 is 24.5 Å². The number of hydrogen-bond donors (Lipinski definition) is 5. The molecule has 0 fully saturated rings. The molecule has 1 amide bonds. The van der Waals surface area contributed by atoms with Crippen molar-refractivity contribution in [3.05, 3.63) is 74.8 Å². The first kappa shape index (κ1) is 33.0. The molecule has 3 heterocycles. The van der Waals surface area contributed by atoms with Gasteiger partial charge >= 0.3 is 5.97 Å². The van der Waals surface area contributed by atoms with E-state index in [1.165, 1.54) is 18.4 Å². The molecule has 0 unspecified atom stereocenters. The van der Waals surface area contributed by atoms with Gasteiger partial charge < -0.3 is 30.9 Å². The third-order valence-electron chi connectivity index (χ3n) is 6.93. The number of methoxy groups -OCH3 is 1. The number of carbonyl (C=O) groups excluding carboxylic acids is 1. The molecular weight excluding hydrogens is 604 g/mol. The van der Waals surface area contributed by atoms with Crippen LogP contribution in [0.25, 0.3) is 22.5 Å². The third-order valence-corrected chi connectivity index (χ3v) is 8.31. The van der Waals surface area contributed by atoms with Crippen LogP contribution in [-0.2, 0) is 17.9 Å². The normalized spacial score (nSPS) is 11.4. The minimum atomic E-state index is -0.914. The average Bonchev–Trinajstić information content (AvgIpc) is 3.48. The lowest BCUT2D eigenvalue weighted by atomic mass is 9.94. The van der Waals surface area contributed by atoms with Crippen LogP contribution in [0.2, 0.25) is 5.02 Å². The standard InChI is InChI=1S/C31H35ClN6O5S/c1-18-21(6-5-7-23(18)37-27(40)29-36-16-20(44-29)15-33-12-13-39)26-25(32)22(10-11-35-26)24-9-8-19(28(38-24)43-4)14-34-17-31(2,3)30(41)42/h5-11,16,33-34,39H,12-15,17H2,1-4H3,(H,37,40)(H,41,42). The maximum atomic E-state index is 13.0. The van der Waals surface area contributed by atoms with E-state index >= 15 is 0 Å². The average molecular weight is 639 g/mol. The Balaban J connectivity index is 1.55. The topological polar surface area (TPSA) is 159 Å². The van der Waals surface area contributed by atoms with Crippen LogP contribution in [0.1, 0.15) is 39.7 Å². The number of anilines is 1. The molecule has 0 aliphatic rings. The van der Waals surface area contributed by atoms with Gasteiger partial charge in [0.15, 0.2) is 5.01 Å². The highest BCUT2D eigenvalue weighted by Crippen LogP contribution is 2.38. The first-order valence-corrected chi connectivity index (χ1v) is 15.1. The fourth-order valence-corrected chi connectivity index (χ4v) is 5.42. The van der Waals surface area contributed by atoms with Gasteiger partial charge in [0.2, 0.25) is 5.88 Å². The van der Waals surface area contributed by atoms with E-state index in [2.05, 4.69) is 30.9 Å². The minimum Gasteiger partial charge on any atom is -0.481 e. The van der Waals surface area contributed by atoms with E-state index in [-0.39, 0.29) is 19.1 Å². The number of thiazole rings is 1. The zero-order valence-corrected chi connectivity index (χ0v) is 26.5. The Kier molecular flexibility index (Phi) is 11.0. The van der Waals surface area contributed by atoms with Gasteiger partial charge in [0.25, 0.3) is 5.91 Å². The molecule has 232 valence electrons. The van der Waals surface area contributed by atoms with Gasteiger partial charge in [-0.3, -0.25) is 14.6 Å². The number of aromatic nitrogens is 3. The molecule has 0 radical (unpaired) electrons. The number of aliphatic carboxylic acids is 1. The van der Waals surface area contributed by atoms with Crippen molar-refractivity contribution in [1.82, 2.24) is 25.6 Å². The number of nitrogens with one attached hydrogen (secondary N) is 3. The Morgan fingerprint density at radius 2 is 1.86 bits per heavy atom. The summed E-state index contributed by atoms with van der Waals surface area (Å²) in [6.07, 6.45) is 3.30. The second-order valence-electron chi connectivity index (χ2n) is 10.6. The Morgan fingerprint density at radius 1 is 1.07 bits per heavy atom. The van der Waals surface area contributed by atoms with Crippen molar-refractivity contribution in [3.8, 4) is 28.4 Å². The van der Waals surface area contributed by atoms with Crippen LogP contribution in [0.4, 0.5) is 5.69 Å². The zero-order chi connectivity index (χ0) is 31.9. The fraction of sp³-hybridized carbons (Fsp3) is 0.323. The number of carboxylic acid groups (broad SMARTS) is 1. The van der Waals surface area contributed by atoms with Crippen LogP contribution in [0.3, 0.4) is 0 Å². The number of pyridine rings is 2. The van der Waals surface area contributed by atoms with Crippen molar-refractivity contribution in [3.63, 3.8) is 0 Å². The molecule has 11 nitrogen and oxygen atoms in total. The summed E-state index contributed by atoms with van der Waals surface area (Å²) >= 11 is 8.21. The van der Waals surface area contributed by atoms with Crippen LogP contribution in [0.5, 0.6) is 5.88 Å². The number of aliphatic hydroxyl groups is 1. The van der Waals surface area contributed by atoms with E-state index < -0.39 is 11.4 Å². The molecule has 3 aromatic heterocycles. The molecule has 0 bridgehead atoms. The fourth-order valence-electron chi connectivity index (χ4n) is 4.33. The SMILES string of the molecule is COc1nc(-c2ccnc(-c3cccc(NC(=O)c4ncc(CNCCO)s4)c3C)c2Cl)ccc1CNCC(C)(C)C(=O)O. The number of hydrogen-bond acceptors (Lipinski definition) is 10. The predicted octanol–water partition coefficient (Wildman–Crippen LogP) is 4.77. The number of nitrogens with zero attached hydrogens (tertiary/aromatic N) is 3. The van der Waals surface area contributed by atoms with Gasteiger partial charge in [0, 0.05) is 65.8 Å². The molecule has 4 aromatic rings. The van der Waals surface area contributed by atoms with Gasteiger partial charge in [-0.2, -0.15) is 0 Å². The number of carboxylic acids is 1. The Bertz CT molecular complexity index is 1640. The molecular formula is C31H35ClN6O5S. The highest BCUT2D eigenvalue weighted by atomic mass is 35.5. The first-order chi connectivity index (χ1) is 21.1. The second-order valence-corrected chi connectivity index (χ2v) is 12.1. The molecule has 4 rings (SSSR count). The van der Waals surface area contributed by atoms with E-state index in [1.54, 1.807) is 32.3 Å². The van der Waals surface area contributed by atoms with Crippen LogP contribution in [0.15, 0.2) is 48.8 Å². The predicted molar refractivity (Wildman–Crippen MR) is 171 cm³/mol. The highest BCUT2D eigenvalue weighted by molar-refractivity contribution is 7.13. The maximum absolute atomic E-state index is 13.0. The van der Waals surface area contributed by atoms with Crippen molar-refractivity contribution in [1.29, 1.82) is 0 Å². The molecule has 0 saturated carbocycles. The van der Waals surface area contributed by atoms with Gasteiger partial charge in [-0.15, -0.1) is 11.3 Å². The summed E-state index contributed by atoms with van der Waals surface area (Å²) < 4.78 is 5.54.